The van der Waals surface area contributed by atoms with Crippen LogP contribution in [0.25, 0.3) is 0 Å². The van der Waals surface area contributed by atoms with Crippen LogP contribution in [0.1, 0.15) is 35.1 Å². The molecule has 2 atom stereocenters. The molecule has 9 heteroatoms. The molecule has 1 saturated heterocycles. The van der Waals surface area contributed by atoms with Gasteiger partial charge in [-0.3, -0.25) is 14.5 Å². The van der Waals surface area contributed by atoms with Crippen LogP contribution in [0.3, 0.4) is 0 Å². The maximum absolute atomic E-state index is 14.0. The molecule has 2 heterocycles. The number of nitrogens with one attached hydrogen (secondary N) is 2. The van der Waals surface area contributed by atoms with E-state index >= 15 is 0 Å². The van der Waals surface area contributed by atoms with Crippen LogP contribution < -0.4 is 10.6 Å². The summed E-state index contributed by atoms with van der Waals surface area (Å²) in [7, 11) is 0. The summed E-state index contributed by atoms with van der Waals surface area (Å²) in [6.07, 6.45) is 0. The first kappa shape index (κ1) is 23.3. The average Bonchev–Trinajstić information content (AvgIpc) is 3.27. The van der Waals surface area contributed by atoms with Crippen molar-refractivity contribution < 1.29 is 23.1 Å². The number of amides is 2. The van der Waals surface area contributed by atoms with Crippen molar-refractivity contribution >= 4 is 23.2 Å². The number of ether oxygens (including phenoxy) is 1. The molecule has 31 heavy (non-hydrogen) atoms. The topological polar surface area (TPSA) is 70.7 Å². The van der Waals surface area contributed by atoms with Crippen molar-refractivity contribution in [2.24, 2.45) is 5.92 Å². The minimum Gasteiger partial charge on any atom is -0.379 e. The van der Waals surface area contributed by atoms with Gasteiger partial charge in [0.15, 0.2) is 0 Å². The lowest BCUT2D eigenvalue weighted by molar-refractivity contribution is -0.124. The first-order valence-electron chi connectivity index (χ1n) is 10.3. The van der Waals surface area contributed by atoms with E-state index in [1.54, 1.807) is 25.2 Å². The molecule has 0 aliphatic carbocycles. The third-order valence-corrected chi connectivity index (χ3v) is 6.23. The first-order chi connectivity index (χ1) is 14.9. The molecule has 0 saturated carbocycles. The quantitative estimate of drug-likeness (QED) is 0.648. The van der Waals surface area contributed by atoms with Crippen LogP contribution in [-0.2, 0) is 9.53 Å². The maximum atomic E-state index is 14.0. The van der Waals surface area contributed by atoms with Gasteiger partial charge < -0.3 is 15.4 Å². The zero-order chi connectivity index (χ0) is 22.4. The van der Waals surface area contributed by atoms with Crippen LogP contribution in [0.15, 0.2) is 35.7 Å². The number of benzene rings is 1. The Balaban J connectivity index is 1.68. The van der Waals surface area contributed by atoms with Crippen molar-refractivity contribution in [1.82, 2.24) is 15.5 Å². The Morgan fingerprint density at radius 2 is 1.81 bits per heavy atom. The third kappa shape index (κ3) is 5.87. The number of rotatable bonds is 8. The molecule has 1 aliphatic heterocycles. The molecule has 0 unspecified atom stereocenters. The zero-order valence-corrected chi connectivity index (χ0v) is 18.4. The lowest BCUT2D eigenvalue weighted by Crippen LogP contribution is -2.52. The molecule has 1 aromatic carbocycles. The Hall–Kier alpha value is -2.36. The van der Waals surface area contributed by atoms with Crippen LogP contribution >= 0.6 is 11.3 Å². The molecule has 3 rings (SSSR count). The third-order valence-electron chi connectivity index (χ3n) is 5.25. The number of halogens is 2. The van der Waals surface area contributed by atoms with Crippen molar-refractivity contribution in [3.63, 3.8) is 0 Å². The Morgan fingerprint density at radius 3 is 2.39 bits per heavy atom. The highest BCUT2D eigenvalue weighted by Gasteiger charge is 2.29. The number of hydrogen-bond donors (Lipinski definition) is 2. The second-order valence-electron chi connectivity index (χ2n) is 7.72. The van der Waals surface area contributed by atoms with Gasteiger partial charge in [0.05, 0.1) is 19.3 Å². The fraction of sp³-hybridized carbons (Fsp3) is 0.455. The fourth-order valence-electron chi connectivity index (χ4n) is 3.55. The average molecular weight is 452 g/mol. The van der Waals surface area contributed by atoms with Crippen LogP contribution in [0.5, 0.6) is 0 Å². The standard InChI is InChI=1S/C22H27F2N3O3S/c1-14(2)20(26-21(28)19-15(23)5-3-6-16(19)24)22(29)25-13-17(18-7-4-12-31-18)27-8-10-30-11-9-27/h3-7,12,14,17,20H,8-11,13H2,1-2H3,(H,25,29)(H,26,28)/t17-,20-/m1/s1. The molecule has 0 spiro atoms. The summed E-state index contributed by atoms with van der Waals surface area (Å²) in [6, 6.07) is 6.26. The van der Waals surface area contributed by atoms with Gasteiger partial charge in [0.2, 0.25) is 5.91 Å². The Labute approximate surface area is 184 Å². The monoisotopic (exact) mass is 451 g/mol. The van der Waals surface area contributed by atoms with E-state index in [0.29, 0.717) is 19.8 Å². The minimum atomic E-state index is -0.967. The molecule has 0 radical (unpaired) electrons. The molecule has 2 aromatic rings. The van der Waals surface area contributed by atoms with Gasteiger partial charge in [-0.15, -0.1) is 11.3 Å². The van der Waals surface area contributed by atoms with Gasteiger partial charge in [-0.1, -0.05) is 26.0 Å². The summed E-state index contributed by atoms with van der Waals surface area (Å²) >= 11 is 1.62. The highest BCUT2D eigenvalue weighted by atomic mass is 32.1. The Bertz CT molecular complexity index is 866. The molecule has 0 bridgehead atoms. The van der Waals surface area contributed by atoms with Gasteiger partial charge in [-0.2, -0.15) is 0 Å². The van der Waals surface area contributed by atoms with E-state index in [-0.39, 0.29) is 12.0 Å². The SMILES string of the molecule is CC(C)[C@@H](NC(=O)c1c(F)cccc1F)C(=O)NC[C@H](c1cccs1)N1CCOCC1. The number of carbonyl (C=O) groups is 2. The number of morpholine rings is 1. The van der Waals surface area contributed by atoms with E-state index in [9.17, 15) is 18.4 Å². The van der Waals surface area contributed by atoms with Crippen LogP contribution in [-0.4, -0.2) is 55.6 Å². The second-order valence-corrected chi connectivity index (χ2v) is 8.70. The van der Waals surface area contributed by atoms with Crippen LogP contribution in [0.2, 0.25) is 0 Å². The molecular formula is C22H27F2N3O3S. The van der Waals surface area contributed by atoms with E-state index < -0.39 is 35.1 Å². The van der Waals surface area contributed by atoms with Gasteiger partial charge in [-0.25, -0.2) is 8.78 Å². The highest BCUT2D eigenvalue weighted by Crippen LogP contribution is 2.25. The van der Waals surface area contributed by atoms with Gasteiger partial charge in [0.25, 0.3) is 5.91 Å². The van der Waals surface area contributed by atoms with E-state index in [1.165, 1.54) is 6.07 Å². The van der Waals surface area contributed by atoms with E-state index in [0.717, 1.165) is 30.1 Å². The van der Waals surface area contributed by atoms with E-state index in [4.69, 9.17) is 4.74 Å². The van der Waals surface area contributed by atoms with E-state index in [1.807, 2.05) is 17.5 Å². The predicted molar refractivity (Wildman–Crippen MR) is 115 cm³/mol. The van der Waals surface area contributed by atoms with Gasteiger partial charge in [-0.05, 0) is 29.5 Å². The van der Waals surface area contributed by atoms with Crippen molar-refractivity contribution in [3.05, 3.63) is 57.8 Å². The van der Waals surface area contributed by atoms with Crippen LogP contribution in [0, 0.1) is 17.6 Å². The maximum Gasteiger partial charge on any atom is 0.257 e. The molecule has 6 nitrogen and oxygen atoms in total. The molecule has 2 N–H and O–H groups in total. The van der Waals surface area contributed by atoms with Crippen molar-refractivity contribution in [2.45, 2.75) is 25.9 Å². The fourth-order valence-corrected chi connectivity index (χ4v) is 4.41. The van der Waals surface area contributed by atoms with Gasteiger partial charge >= 0.3 is 0 Å². The summed E-state index contributed by atoms with van der Waals surface area (Å²) in [4.78, 5) is 28.8. The zero-order valence-electron chi connectivity index (χ0n) is 17.6. The predicted octanol–water partition coefficient (Wildman–Crippen LogP) is 2.97. The molecule has 1 aliphatic rings. The number of nitrogens with zero attached hydrogens (tertiary/aromatic N) is 1. The van der Waals surface area contributed by atoms with Gasteiger partial charge in [0.1, 0.15) is 23.2 Å². The van der Waals surface area contributed by atoms with Crippen molar-refractivity contribution in [1.29, 1.82) is 0 Å². The molecule has 2 amide bonds. The van der Waals surface area contributed by atoms with Crippen LogP contribution in [0.4, 0.5) is 8.78 Å². The smallest absolute Gasteiger partial charge is 0.257 e. The summed E-state index contributed by atoms with van der Waals surface area (Å²) in [5, 5.41) is 7.40. The second kappa shape index (κ2) is 10.8. The normalized spacial score (nSPS) is 16.7. The van der Waals surface area contributed by atoms with Crippen molar-refractivity contribution in [2.75, 3.05) is 32.8 Å². The van der Waals surface area contributed by atoms with E-state index in [2.05, 4.69) is 15.5 Å². The number of hydrogen-bond acceptors (Lipinski definition) is 5. The molecule has 1 aromatic heterocycles. The molecule has 168 valence electrons. The lowest BCUT2D eigenvalue weighted by atomic mass is 10.0. The highest BCUT2D eigenvalue weighted by molar-refractivity contribution is 7.10. The number of carbonyl (C=O) groups excluding carboxylic acids is 2. The summed E-state index contributed by atoms with van der Waals surface area (Å²) in [6.45, 7) is 6.67. The summed E-state index contributed by atoms with van der Waals surface area (Å²) < 4.78 is 33.3. The Morgan fingerprint density at radius 1 is 1.13 bits per heavy atom. The molecular weight excluding hydrogens is 424 g/mol. The molecule has 1 fully saturated rings. The minimum absolute atomic E-state index is 0.0135. The largest absolute Gasteiger partial charge is 0.379 e. The Kier molecular flexibility index (Phi) is 8.11. The van der Waals surface area contributed by atoms with Crippen molar-refractivity contribution in [3.8, 4) is 0 Å². The van der Waals surface area contributed by atoms with Gasteiger partial charge in [0, 0.05) is 24.5 Å². The number of thiophene rings is 1. The lowest BCUT2D eigenvalue weighted by Gasteiger charge is -2.34. The summed E-state index contributed by atoms with van der Waals surface area (Å²) in [5.41, 5.74) is -0.689. The first-order valence-corrected chi connectivity index (χ1v) is 11.1. The summed E-state index contributed by atoms with van der Waals surface area (Å²) in [5.74, 6) is -3.55.